The smallest absolute Gasteiger partial charge is 0.409 e. The minimum atomic E-state index is -0.240. The second-order valence-electron chi connectivity index (χ2n) is 5.86. The van der Waals surface area contributed by atoms with Crippen LogP contribution in [0, 0.1) is 0 Å². The number of carbonyl (C=O) groups excluding carboxylic acids is 2. The molecule has 6 nitrogen and oxygen atoms in total. The lowest BCUT2D eigenvalue weighted by molar-refractivity contribution is -0.123. The minimum Gasteiger partial charge on any atom is -0.450 e. The average Bonchev–Trinajstić information content (AvgIpc) is 2.49. The molecule has 2 aliphatic heterocycles. The molecule has 0 aromatic rings. The van der Waals surface area contributed by atoms with Gasteiger partial charge in [0.1, 0.15) is 0 Å². The second-order valence-corrected chi connectivity index (χ2v) is 5.86. The van der Waals surface area contributed by atoms with E-state index in [1.807, 2.05) is 6.92 Å². The normalized spacial score (nSPS) is 21.1. The fraction of sp³-hybridized carbons (Fsp3) is 0.867. The zero-order valence-electron chi connectivity index (χ0n) is 13.0. The largest absolute Gasteiger partial charge is 0.450 e. The highest BCUT2D eigenvalue weighted by atomic mass is 16.6. The first-order valence-corrected chi connectivity index (χ1v) is 8.12. The number of ether oxygens (including phenoxy) is 1. The van der Waals surface area contributed by atoms with Crippen molar-refractivity contribution in [3.05, 3.63) is 0 Å². The van der Waals surface area contributed by atoms with E-state index in [1.165, 1.54) is 19.3 Å². The summed E-state index contributed by atoms with van der Waals surface area (Å²) in [6.07, 6.45) is 5.06. The maximum absolute atomic E-state index is 12.0. The van der Waals surface area contributed by atoms with Gasteiger partial charge in [0.25, 0.3) is 0 Å². The number of carbonyl (C=O) groups is 2. The van der Waals surface area contributed by atoms with Gasteiger partial charge in [-0.25, -0.2) is 4.79 Å². The number of nitrogens with zero attached hydrogens (tertiary/aromatic N) is 2. The fourth-order valence-corrected chi connectivity index (χ4v) is 3.02. The molecule has 0 radical (unpaired) electrons. The van der Waals surface area contributed by atoms with Crippen molar-refractivity contribution in [1.29, 1.82) is 0 Å². The summed E-state index contributed by atoms with van der Waals surface area (Å²) in [5, 5.41) is 3.10. The standard InChI is InChI=1S/C15H27N3O3/c1-2-21-15(20)18-10-6-13(7-11-18)16-14(19)12-17-8-4-3-5-9-17/h13H,2-12H2,1H3,(H,16,19). The molecule has 0 atom stereocenters. The molecule has 0 saturated carbocycles. The number of nitrogens with one attached hydrogen (secondary N) is 1. The predicted octanol–water partition coefficient (Wildman–Crippen LogP) is 1.21. The van der Waals surface area contributed by atoms with E-state index in [-0.39, 0.29) is 18.0 Å². The van der Waals surface area contributed by atoms with Crippen LogP contribution in [0.4, 0.5) is 4.79 Å². The Morgan fingerprint density at radius 3 is 2.38 bits per heavy atom. The van der Waals surface area contributed by atoms with Gasteiger partial charge in [-0.05, 0) is 45.7 Å². The molecule has 0 aromatic carbocycles. The van der Waals surface area contributed by atoms with Gasteiger partial charge >= 0.3 is 6.09 Å². The number of hydrogen-bond acceptors (Lipinski definition) is 4. The summed E-state index contributed by atoms with van der Waals surface area (Å²) in [4.78, 5) is 27.6. The van der Waals surface area contributed by atoms with Gasteiger partial charge < -0.3 is 15.0 Å². The summed E-state index contributed by atoms with van der Waals surface area (Å²) in [7, 11) is 0. The lowest BCUT2D eigenvalue weighted by Gasteiger charge is -2.32. The van der Waals surface area contributed by atoms with Crippen LogP contribution >= 0.6 is 0 Å². The Morgan fingerprint density at radius 2 is 1.76 bits per heavy atom. The molecule has 2 fully saturated rings. The number of likely N-dealkylation sites (tertiary alicyclic amines) is 2. The molecule has 2 amide bonds. The van der Waals surface area contributed by atoms with E-state index in [4.69, 9.17) is 4.74 Å². The highest BCUT2D eigenvalue weighted by molar-refractivity contribution is 5.78. The summed E-state index contributed by atoms with van der Waals surface area (Å²) in [5.74, 6) is 0.117. The molecule has 120 valence electrons. The SMILES string of the molecule is CCOC(=O)N1CCC(NC(=O)CN2CCCCC2)CC1. The third-order valence-corrected chi connectivity index (χ3v) is 4.20. The lowest BCUT2D eigenvalue weighted by atomic mass is 10.1. The Morgan fingerprint density at radius 1 is 1.10 bits per heavy atom. The quantitative estimate of drug-likeness (QED) is 0.847. The fourth-order valence-electron chi connectivity index (χ4n) is 3.02. The average molecular weight is 297 g/mol. The van der Waals surface area contributed by atoms with E-state index in [0.717, 1.165) is 25.9 Å². The third-order valence-electron chi connectivity index (χ3n) is 4.20. The molecule has 2 heterocycles. The van der Waals surface area contributed by atoms with Crippen molar-refractivity contribution in [2.24, 2.45) is 0 Å². The Hall–Kier alpha value is -1.30. The molecule has 0 bridgehead atoms. The molecule has 0 spiro atoms. The first kappa shape index (κ1) is 16.1. The van der Waals surface area contributed by atoms with Crippen molar-refractivity contribution in [2.45, 2.75) is 45.1 Å². The van der Waals surface area contributed by atoms with Crippen LogP contribution in [0.2, 0.25) is 0 Å². The molecule has 0 unspecified atom stereocenters. The molecule has 2 aliphatic rings. The van der Waals surface area contributed by atoms with Gasteiger partial charge in [0, 0.05) is 19.1 Å². The van der Waals surface area contributed by atoms with Gasteiger partial charge in [-0.1, -0.05) is 6.42 Å². The summed E-state index contributed by atoms with van der Waals surface area (Å²) < 4.78 is 4.99. The Labute approximate surface area is 126 Å². The van der Waals surface area contributed by atoms with Crippen LogP contribution in [0.25, 0.3) is 0 Å². The molecular formula is C15H27N3O3. The molecule has 0 aromatic heterocycles. The van der Waals surface area contributed by atoms with Crippen LogP contribution in [-0.4, -0.2) is 67.2 Å². The van der Waals surface area contributed by atoms with Crippen molar-refractivity contribution in [2.75, 3.05) is 39.3 Å². The topological polar surface area (TPSA) is 61.9 Å². The highest BCUT2D eigenvalue weighted by Gasteiger charge is 2.25. The predicted molar refractivity (Wildman–Crippen MR) is 80.1 cm³/mol. The Bertz CT molecular complexity index is 348. The summed E-state index contributed by atoms with van der Waals surface area (Å²) in [6.45, 7) is 6.12. The number of piperidine rings is 2. The third kappa shape index (κ3) is 5.19. The lowest BCUT2D eigenvalue weighted by Crippen LogP contribution is -2.49. The van der Waals surface area contributed by atoms with Crippen LogP contribution in [0.15, 0.2) is 0 Å². The van der Waals surface area contributed by atoms with Crippen molar-refractivity contribution >= 4 is 12.0 Å². The molecule has 6 heteroatoms. The first-order valence-electron chi connectivity index (χ1n) is 8.12. The molecule has 21 heavy (non-hydrogen) atoms. The maximum Gasteiger partial charge on any atom is 0.409 e. The molecule has 1 N–H and O–H groups in total. The molecule has 0 aliphatic carbocycles. The van der Waals surface area contributed by atoms with E-state index < -0.39 is 0 Å². The van der Waals surface area contributed by atoms with Crippen molar-refractivity contribution < 1.29 is 14.3 Å². The zero-order chi connectivity index (χ0) is 15.1. The van der Waals surface area contributed by atoms with Gasteiger partial charge in [-0.3, -0.25) is 9.69 Å². The van der Waals surface area contributed by atoms with E-state index in [2.05, 4.69) is 10.2 Å². The maximum atomic E-state index is 12.0. The monoisotopic (exact) mass is 297 g/mol. The minimum absolute atomic E-state index is 0.117. The molecule has 2 saturated heterocycles. The van der Waals surface area contributed by atoms with E-state index in [1.54, 1.807) is 4.90 Å². The van der Waals surface area contributed by atoms with E-state index in [9.17, 15) is 9.59 Å². The summed E-state index contributed by atoms with van der Waals surface area (Å²) in [6, 6.07) is 0.188. The highest BCUT2D eigenvalue weighted by Crippen LogP contribution is 2.12. The summed E-state index contributed by atoms with van der Waals surface area (Å²) in [5.41, 5.74) is 0. The van der Waals surface area contributed by atoms with E-state index >= 15 is 0 Å². The first-order chi connectivity index (χ1) is 10.2. The Balaban J connectivity index is 1.65. The van der Waals surface area contributed by atoms with Gasteiger partial charge in [-0.15, -0.1) is 0 Å². The number of rotatable bonds is 4. The van der Waals surface area contributed by atoms with Crippen LogP contribution < -0.4 is 5.32 Å². The molecule has 2 rings (SSSR count). The van der Waals surface area contributed by atoms with Crippen molar-refractivity contribution in [1.82, 2.24) is 15.1 Å². The van der Waals surface area contributed by atoms with Gasteiger partial charge in [0.2, 0.25) is 5.91 Å². The van der Waals surface area contributed by atoms with Crippen molar-refractivity contribution in [3.8, 4) is 0 Å². The number of amides is 2. The van der Waals surface area contributed by atoms with Gasteiger partial charge in [-0.2, -0.15) is 0 Å². The van der Waals surface area contributed by atoms with Crippen LogP contribution in [0.5, 0.6) is 0 Å². The van der Waals surface area contributed by atoms with Gasteiger partial charge in [0.15, 0.2) is 0 Å². The summed E-state index contributed by atoms with van der Waals surface area (Å²) >= 11 is 0. The molecular weight excluding hydrogens is 270 g/mol. The van der Waals surface area contributed by atoms with Crippen LogP contribution in [0.3, 0.4) is 0 Å². The number of hydrogen-bond donors (Lipinski definition) is 1. The van der Waals surface area contributed by atoms with Crippen molar-refractivity contribution in [3.63, 3.8) is 0 Å². The van der Waals surface area contributed by atoms with E-state index in [0.29, 0.717) is 26.2 Å². The zero-order valence-corrected chi connectivity index (χ0v) is 13.0. The second kappa shape index (κ2) is 8.22. The Kier molecular flexibility index (Phi) is 6.29. The van der Waals surface area contributed by atoms with Gasteiger partial charge in [0.05, 0.1) is 13.2 Å². The van der Waals surface area contributed by atoms with Crippen LogP contribution in [0.1, 0.15) is 39.0 Å². The van der Waals surface area contributed by atoms with Crippen LogP contribution in [-0.2, 0) is 9.53 Å².